The lowest BCUT2D eigenvalue weighted by atomic mass is 9.94. The van der Waals surface area contributed by atoms with Crippen LogP contribution in [0.25, 0.3) is 0 Å². The van der Waals surface area contributed by atoms with Crippen molar-refractivity contribution < 1.29 is 14.3 Å². The molecule has 108 valence electrons. The lowest BCUT2D eigenvalue weighted by Gasteiger charge is -2.22. The van der Waals surface area contributed by atoms with Gasteiger partial charge in [-0.2, -0.15) is 11.8 Å². The third kappa shape index (κ3) is 4.42. The second-order valence-electron chi connectivity index (χ2n) is 4.09. The summed E-state index contributed by atoms with van der Waals surface area (Å²) in [6.45, 7) is 0. The number of benzene rings is 1. The molecule has 1 rings (SSSR count). The number of carbonyl (C=O) groups excluding carboxylic acids is 2. The average Bonchev–Trinajstić information content (AvgIpc) is 2.51. The van der Waals surface area contributed by atoms with Gasteiger partial charge in [0, 0.05) is 19.0 Å². The van der Waals surface area contributed by atoms with Gasteiger partial charge in [-0.15, -0.1) is 0 Å². The van der Waals surface area contributed by atoms with Crippen molar-refractivity contribution in [3.8, 4) is 0 Å². The van der Waals surface area contributed by atoms with Crippen molar-refractivity contribution in [2.45, 2.75) is 11.2 Å². The Hall–Kier alpha value is -1.75. The molecule has 2 atom stereocenters. The number of allylic oxidation sites excluding steroid dienone is 1. The van der Waals surface area contributed by atoms with E-state index in [4.69, 9.17) is 0 Å². The molecule has 0 saturated heterocycles. The van der Waals surface area contributed by atoms with Gasteiger partial charge < -0.3 is 10.1 Å². The fourth-order valence-electron chi connectivity index (χ4n) is 1.87. The van der Waals surface area contributed by atoms with Gasteiger partial charge in [0.15, 0.2) is 0 Å². The maximum absolute atomic E-state index is 12.0. The predicted octanol–water partition coefficient (Wildman–Crippen LogP) is 1.98. The number of hydrogen-bond donors (Lipinski definition) is 1. The fourth-order valence-corrected chi connectivity index (χ4v) is 2.74. The zero-order valence-electron chi connectivity index (χ0n) is 11.8. The van der Waals surface area contributed by atoms with Crippen molar-refractivity contribution in [1.82, 2.24) is 5.32 Å². The minimum atomic E-state index is -0.428. The molecule has 0 saturated carbocycles. The van der Waals surface area contributed by atoms with Gasteiger partial charge in [0.05, 0.1) is 12.4 Å². The number of carbonyl (C=O) groups is 2. The number of hydrogen-bond acceptors (Lipinski definition) is 4. The molecule has 0 radical (unpaired) electrons. The molecule has 0 aliphatic carbocycles. The summed E-state index contributed by atoms with van der Waals surface area (Å²) in [5.41, 5.74) is 0.982. The van der Waals surface area contributed by atoms with Gasteiger partial charge in [-0.3, -0.25) is 4.79 Å². The van der Waals surface area contributed by atoms with Gasteiger partial charge in [0.1, 0.15) is 0 Å². The Morgan fingerprint density at radius 3 is 2.45 bits per heavy atom. The van der Waals surface area contributed by atoms with E-state index in [9.17, 15) is 9.59 Å². The average molecular weight is 293 g/mol. The van der Waals surface area contributed by atoms with Crippen molar-refractivity contribution in [2.24, 2.45) is 0 Å². The van der Waals surface area contributed by atoms with Crippen LogP contribution in [0.15, 0.2) is 42.5 Å². The molecule has 0 aromatic heterocycles. The first-order valence-electron chi connectivity index (χ1n) is 6.19. The molecule has 0 heterocycles. The van der Waals surface area contributed by atoms with Crippen LogP contribution in [0.4, 0.5) is 0 Å². The summed E-state index contributed by atoms with van der Waals surface area (Å²) in [5.74, 6) is -0.686. The smallest absolute Gasteiger partial charge is 0.330 e. The first-order valence-corrected chi connectivity index (χ1v) is 7.48. The van der Waals surface area contributed by atoms with Gasteiger partial charge >= 0.3 is 5.97 Å². The number of rotatable bonds is 6. The molecule has 1 aromatic rings. The molecule has 0 aliphatic heterocycles. The molecular formula is C15H19NO3S. The maximum Gasteiger partial charge on any atom is 0.330 e. The van der Waals surface area contributed by atoms with Crippen LogP contribution in [0.1, 0.15) is 11.5 Å². The Morgan fingerprint density at radius 1 is 1.30 bits per heavy atom. The molecule has 20 heavy (non-hydrogen) atoms. The van der Waals surface area contributed by atoms with Crippen molar-refractivity contribution in [3.63, 3.8) is 0 Å². The Labute approximate surface area is 123 Å². The summed E-state index contributed by atoms with van der Waals surface area (Å²) in [7, 11) is 2.94. The van der Waals surface area contributed by atoms with Crippen LogP contribution in [-0.4, -0.2) is 37.5 Å². The summed E-state index contributed by atoms with van der Waals surface area (Å²) >= 11 is 1.45. The standard InChI is InChI=1S/C15H19NO3S/c1-16-15(18)14(20-3)12(9-10-13(17)19-2)11-7-5-4-6-8-11/h4-10,12,14H,1-3H3,(H,16,18)/b10-9-/t12-,14+/m1/s1. The Balaban J connectivity index is 3.09. The molecule has 1 aromatic carbocycles. The lowest BCUT2D eigenvalue weighted by molar-refractivity contribution is -0.134. The molecule has 0 unspecified atom stereocenters. The molecule has 0 fully saturated rings. The molecule has 0 bridgehead atoms. The van der Waals surface area contributed by atoms with E-state index in [1.54, 1.807) is 13.1 Å². The van der Waals surface area contributed by atoms with Crippen molar-refractivity contribution in [3.05, 3.63) is 48.0 Å². The number of thioether (sulfide) groups is 1. The first-order chi connectivity index (χ1) is 9.63. The molecule has 5 heteroatoms. The Morgan fingerprint density at radius 2 is 1.95 bits per heavy atom. The number of amides is 1. The van der Waals surface area contributed by atoms with Gasteiger partial charge in [-0.1, -0.05) is 36.4 Å². The fraction of sp³-hybridized carbons (Fsp3) is 0.333. The zero-order valence-corrected chi connectivity index (χ0v) is 12.6. The number of nitrogens with one attached hydrogen (secondary N) is 1. The first kappa shape index (κ1) is 16.3. The van der Waals surface area contributed by atoms with Crippen LogP contribution in [0.5, 0.6) is 0 Å². The molecule has 0 aliphatic rings. The molecule has 1 N–H and O–H groups in total. The molecule has 1 amide bonds. The summed E-state index contributed by atoms with van der Waals surface area (Å²) in [6, 6.07) is 9.63. The van der Waals surface area contributed by atoms with Crippen molar-refractivity contribution in [2.75, 3.05) is 20.4 Å². The second-order valence-corrected chi connectivity index (χ2v) is 5.07. The number of methoxy groups -OCH3 is 1. The summed E-state index contributed by atoms with van der Waals surface area (Å²) < 4.78 is 4.60. The van der Waals surface area contributed by atoms with Crippen molar-refractivity contribution >= 4 is 23.6 Å². The molecule has 4 nitrogen and oxygen atoms in total. The van der Waals surface area contributed by atoms with Crippen molar-refractivity contribution in [1.29, 1.82) is 0 Å². The van der Waals surface area contributed by atoms with E-state index in [-0.39, 0.29) is 17.1 Å². The Kier molecular flexibility index (Phi) is 6.87. The van der Waals surface area contributed by atoms with Crippen LogP contribution in [0.3, 0.4) is 0 Å². The summed E-state index contributed by atoms with van der Waals surface area (Å²) in [5, 5.41) is 2.36. The predicted molar refractivity (Wildman–Crippen MR) is 81.7 cm³/mol. The SMILES string of the molecule is CNC(=O)[C@@H](SC)[C@H](/C=C\C(=O)OC)c1ccccc1. The lowest BCUT2D eigenvalue weighted by Crippen LogP contribution is -2.33. The van der Waals surface area contributed by atoms with Gasteiger partial charge in [-0.25, -0.2) is 4.79 Å². The maximum atomic E-state index is 12.0. The highest BCUT2D eigenvalue weighted by atomic mass is 32.2. The largest absolute Gasteiger partial charge is 0.466 e. The van der Waals surface area contributed by atoms with E-state index in [2.05, 4.69) is 10.1 Å². The molecule has 0 spiro atoms. The quantitative estimate of drug-likeness (QED) is 0.643. The Bertz CT molecular complexity index is 473. The normalized spacial score (nSPS) is 13.8. The van der Waals surface area contributed by atoms with Crippen LogP contribution in [0.2, 0.25) is 0 Å². The summed E-state index contributed by atoms with van der Waals surface area (Å²) in [6.07, 6.45) is 4.96. The summed E-state index contributed by atoms with van der Waals surface area (Å²) in [4.78, 5) is 23.3. The van der Waals surface area contributed by atoms with E-state index < -0.39 is 5.97 Å². The van der Waals surface area contributed by atoms with Crippen LogP contribution in [0, 0.1) is 0 Å². The minimum absolute atomic E-state index is 0.0686. The van der Waals surface area contributed by atoms with Crippen LogP contribution >= 0.6 is 11.8 Å². The highest BCUT2D eigenvalue weighted by Gasteiger charge is 2.26. The number of esters is 1. The van der Waals surface area contributed by atoms with E-state index in [0.29, 0.717) is 0 Å². The minimum Gasteiger partial charge on any atom is -0.466 e. The third-order valence-corrected chi connectivity index (χ3v) is 3.93. The van der Waals surface area contributed by atoms with Gasteiger partial charge in [-0.05, 0) is 11.8 Å². The number of ether oxygens (including phenoxy) is 1. The van der Waals surface area contributed by atoms with Crippen LogP contribution in [-0.2, 0) is 14.3 Å². The zero-order chi connectivity index (χ0) is 15.0. The second kappa shape index (κ2) is 8.43. The van der Waals surface area contributed by atoms with E-state index in [1.165, 1.54) is 24.9 Å². The highest BCUT2D eigenvalue weighted by molar-refractivity contribution is 8.00. The van der Waals surface area contributed by atoms with E-state index in [0.717, 1.165) is 5.56 Å². The van der Waals surface area contributed by atoms with Gasteiger partial charge in [0.25, 0.3) is 0 Å². The van der Waals surface area contributed by atoms with E-state index in [1.807, 2.05) is 36.6 Å². The van der Waals surface area contributed by atoms with Gasteiger partial charge in [0.2, 0.25) is 5.91 Å². The topological polar surface area (TPSA) is 55.4 Å². The highest BCUT2D eigenvalue weighted by Crippen LogP contribution is 2.29. The van der Waals surface area contributed by atoms with Crippen LogP contribution < -0.4 is 5.32 Å². The third-order valence-electron chi connectivity index (χ3n) is 2.91. The monoisotopic (exact) mass is 293 g/mol. The van der Waals surface area contributed by atoms with E-state index >= 15 is 0 Å². The molecular weight excluding hydrogens is 274 g/mol.